The summed E-state index contributed by atoms with van der Waals surface area (Å²) in [6, 6.07) is 9.65. The Hall–Kier alpha value is -2.49. The van der Waals surface area contributed by atoms with Crippen LogP contribution in [0.5, 0.6) is 0 Å². The monoisotopic (exact) mass is 251 g/mol. The molecule has 0 saturated carbocycles. The van der Waals surface area contributed by atoms with Crippen LogP contribution >= 0.6 is 0 Å². The van der Waals surface area contributed by atoms with Crippen molar-refractivity contribution in [1.82, 2.24) is 15.0 Å². The number of hydrogen-bond donors (Lipinski definition) is 1. The minimum Gasteiger partial charge on any atom is -0.313 e. The molecule has 0 saturated heterocycles. The van der Waals surface area contributed by atoms with Crippen LogP contribution in [0.25, 0.3) is 22.2 Å². The molecule has 0 radical (unpaired) electrons. The van der Waals surface area contributed by atoms with E-state index in [0.29, 0.717) is 10.9 Å². The van der Waals surface area contributed by atoms with Crippen LogP contribution in [0.3, 0.4) is 0 Å². The SMILES string of the molecule is Cc1cc(C)nc(-c2ccc3c(=O)[nH]cnc3c2)c1. The summed E-state index contributed by atoms with van der Waals surface area (Å²) >= 11 is 0. The molecule has 0 aliphatic rings. The maximum Gasteiger partial charge on any atom is 0.258 e. The van der Waals surface area contributed by atoms with Gasteiger partial charge < -0.3 is 4.98 Å². The van der Waals surface area contributed by atoms with Crippen molar-refractivity contribution >= 4 is 10.9 Å². The number of nitrogens with one attached hydrogen (secondary N) is 1. The zero-order valence-corrected chi connectivity index (χ0v) is 10.8. The fourth-order valence-electron chi connectivity index (χ4n) is 2.22. The van der Waals surface area contributed by atoms with E-state index in [4.69, 9.17) is 0 Å². The third-order valence-electron chi connectivity index (χ3n) is 3.04. The molecule has 94 valence electrons. The molecule has 1 aromatic carbocycles. The van der Waals surface area contributed by atoms with E-state index in [1.165, 1.54) is 11.9 Å². The molecule has 0 fully saturated rings. The molecule has 4 nitrogen and oxygen atoms in total. The normalized spacial score (nSPS) is 10.8. The Morgan fingerprint density at radius 1 is 1.11 bits per heavy atom. The number of benzene rings is 1. The van der Waals surface area contributed by atoms with E-state index in [1.807, 2.05) is 38.1 Å². The lowest BCUT2D eigenvalue weighted by Gasteiger charge is -2.05. The number of aromatic nitrogens is 3. The topological polar surface area (TPSA) is 58.6 Å². The van der Waals surface area contributed by atoms with E-state index in [2.05, 4.69) is 15.0 Å². The number of fused-ring (bicyclic) bond motifs is 1. The van der Waals surface area contributed by atoms with E-state index in [-0.39, 0.29) is 5.56 Å². The Kier molecular flexibility index (Phi) is 2.63. The highest BCUT2D eigenvalue weighted by molar-refractivity contribution is 5.82. The van der Waals surface area contributed by atoms with Gasteiger partial charge in [-0.1, -0.05) is 6.07 Å². The predicted molar refractivity (Wildman–Crippen MR) is 75.1 cm³/mol. The van der Waals surface area contributed by atoms with Crippen molar-refractivity contribution in [3.05, 3.63) is 58.3 Å². The first-order valence-corrected chi connectivity index (χ1v) is 6.06. The van der Waals surface area contributed by atoms with Gasteiger partial charge in [0.2, 0.25) is 0 Å². The number of nitrogens with zero attached hydrogens (tertiary/aromatic N) is 2. The van der Waals surface area contributed by atoms with Crippen molar-refractivity contribution in [2.45, 2.75) is 13.8 Å². The Labute approximate surface area is 110 Å². The molecule has 0 spiro atoms. The molecule has 1 N–H and O–H groups in total. The highest BCUT2D eigenvalue weighted by Crippen LogP contribution is 2.21. The van der Waals surface area contributed by atoms with Crippen LogP contribution in [0.15, 0.2) is 41.5 Å². The van der Waals surface area contributed by atoms with Crippen LogP contribution in [-0.4, -0.2) is 15.0 Å². The Bertz CT molecular complexity index is 801. The van der Waals surface area contributed by atoms with Crippen LogP contribution in [0.1, 0.15) is 11.3 Å². The second-order valence-electron chi connectivity index (χ2n) is 4.63. The fraction of sp³-hybridized carbons (Fsp3) is 0.133. The summed E-state index contributed by atoms with van der Waals surface area (Å²) in [7, 11) is 0. The summed E-state index contributed by atoms with van der Waals surface area (Å²) in [5.74, 6) is 0. The van der Waals surface area contributed by atoms with Gasteiger partial charge in [0, 0.05) is 11.3 Å². The summed E-state index contributed by atoms with van der Waals surface area (Å²) in [6.07, 6.45) is 1.42. The zero-order valence-electron chi connectivity index (χ0n) is 10.8. The van der Waals surface area contributed by atoms with Crippen molar-refractivity contribution < 1.29 is 0 Å². The summed E-state index contributed by atoms with van der Waals surface area (Å²) in [4.78, 5) is 22.9. The molecule has 0 atom stereocenters. The average Bonchev–Trinajstić information content (AvgIpc) is 2.37. The van der Waals surface area contributed by atoms with Gasteiger partial charge in [-0.15, -0.1) is 0 Å². The Morgan fingerprint density at radius 3 is 2.74 bits per heavy atom. The number of pyridine rings is 1. The first-order valence-electron chi connectivity index (χ1n) is 6.06. The average molecular weight is 251 g/mol. The summed E-state index contributed by atoms with van der Waals surface area (Å²) in [5, 5.41) is 0.593. The van der Waals surface area contributed by atoms with Gasteiger partial charge in [0.05, 0.1) is 22.9 Å². The summed E-state index contributed by atoms with van der Waals surface area (Å²) in [5.41, 5.74) is 4.58. The van der Waals surface area contributed by atoms with E-state index in [1.54, 1.807) is 6.07 Å². The first-order chi connectivity index (χ1) is 9.13. The van der Waals surface area contributed by atoms with Gasteiger partial charge in [0.1, 0.15) is 0 Å². The maximum atomic E-state index is 11.6. The van der Waals surface area contributed by atoms with Gasteiger partial charge in [0.25, 0.3) is 5.56 Å². The molecule has 0 amide bonds. The number of H-pyrrole nitrogens is 1. The van der Waals surface area contributed by atoms with E-state index in [9.17, 15) is 4.79 Å². The number of rotatable bonds is 1. The lowest BCUT2D eigenvalue weighted by atomic mass is 10.1. The molecule has 0 aliphatic heterocycles. The predicted octanol–water partition coefficient (Wildman–Crippen LogP) is 2.60. The molecular weight excluding hydrogens is 238 g/mol. The Morgan fingerprint density at radius 2 is 1.95 bits per heavy atom. The minimum absolute atomic E-state index is 0.120. The second kappa shape index (κ2) is 4.31. The zero-order chi connectivity index (χ0) is 13.4. The number of aryl methyl sites for hydroxylation is 2. The van der Waals surface area contributed by atoms with E-state index >= 15 is 0 Å². The van der Waals surface area contributed by atoms with Crippen LogP contribution < -0.4 is 5.56 Å². The molecule has 0 unspecified atom stereocenters. The maximum absolute atomic E-state index is 11.6. The molecule has 0 bridgehead atoms. The fourth-order valence-corrected chi connectivity index (χ4v) is 2.22. The van der Waals surface area contributed by atoms with Gasteiger partial charge in [-0.05, 0) is 43.7 Å². The second-order valence-corrected chi connectivity index (χ2v) is 4.63. The van der Waals surface area contributed by atoms with Crippen LogP contribution in [-0.2, 0) is 0 Å². The summed E-state index contributed by atoms with van der Waals surface area (Å²) in [6.45, 7) is 4.02. The summed E-state index contributed by atoms with van der Waals surface area (Å²) < 4.78 is 0. The molecule has 4 heteroatoms. The van der Waals surface area contributed by atoms with Gasteiger partial charge >= 0.3 is 0 Å². The smallest absolute Gasteiger partial charge is 0.258 e. The molecule has 3 aromatic rings. The third kappa shape index (κ3) is 2.12. The van der Waals surface area contributed by atoms with Crippen LogP contribution in [0, 0.1) is 13.8 Å². The van der Waals surface area contributed by atoms with E-state index in [0.717, 1.165) is 17.0 Å². The van der Waals surface area contributed by atoms with Crippen molar-refractivity contribution in [2.24, 2.45) is 0 Å². The van der Waals surface area contributed by atoms with E-state index < -0.39 is 0 Å². The quantitative estimate of drug-likeness (QED) is 0.723. The van der Waals surface area contributed by atoms with Crippen LogP contribution in [0.2, 0.25) is 0 Å². The first kappa shape index (κ1) is 11.6. The Balaban J connectivity index is 2.23. The molecule has 2 heterocycles. The highest BCUT2D eigenvalue weighted by atomic mass is 16.1. The van der Waals surface area contributed by atoms with Gasteiger partial charge in [-0.2, -0.15) is 0 Å². The largest absolute Gasteiger partial charge is 0.313 e. The molecule has 19 heavy (non-hydrogen) atoms. The van der Waals surface area contributed by atoms with Gasteiger partial charge in [0.15, 0.2) is 0 Å². The molecule has 3 rings (SSSR count). The molecule has 2 aromatic heterocycles. The van der Waals surface area contributed by atoms with Crippen molar-refractivity contribution in [1.29, 1.82) is 0 Å². The lowest BCUT2D eigenvalue weighted by Crippen LogP contribution is -2.05. The standard InChI is InChI=1S/C15H13N3O/c1-9-5-10(2)18-13(6-9)11-3-4-12-14(7-11)16-8-17-15(12)19/h3-8H,1-2H3,(H,16,17,19). The number of hydrogen-bond acceptors (Lipinski definition) is 3. The van der Waals surface area contributed by atoms with Gasteiger partial charge in [-0.25, -0.2) is 4.98 Å². The van der Waals surface area contributed by atoms with Crippen molar-refractivity contribution in [3.8, 4) is 11.3 Å². The molecule has 0 aliphatic carbocycles. The van der Waals surface area contributed by atoms with Gasteiger partial charge in [-0.3, -0.25) is 9.78 Å². The van der Waals surface area contributed by atoms with Crippen LogP contribution in [0.4, 0.5) is 0 Å². The third-order valence-corrected chi connectivity index (χ3v) is 3.04. The lowest BCUT2D eigenvalue weighted by molar-refractivity contribution is 1.16. The van der Waals surface area contributed by atoms with Crippen molar-refractivity contribution in [2.75, 3.05) is 0 Å². The number of aromatic amines is 1. The minimum atomic E-state index is -0.120. The van der Waals surface area contributed by atoms with Crippen molar-refractivity contribution in [3.63, 3.8) is 0 Å². The highest BCUT2D eigenvalue weighted by Gasteiger charge is 2.05. The molecular formula is C15H13N3O.